The summed E-state index contributed by atoms with van der Waals surface area (Å²) < 4.78 is 2.23. The molecule has 1 aromatic carbocycles. The molecule has 0 aliphatic heterocycles. The number of fused-ring (bicyclic) bond motifs is 1. The summed E-state index contributed by atoms with van der Waals surface area (Å²) in [6.45, 7) is 2.49. The molecular formula is C25H30N8O. The van der Waals surface area contributed by atoms with Gasteiger partial charge < -0.3 is 26.5 Å². The molecule has 0 radical (unpaired) electrons. The summed E-state index contributed by atoms with van der Waals surface area (Å²) in [6.07, 6.45) is 7.09. The highest BCUT2D eigenvalue weighted by Crippen LogP contribution is 2.35. The highest BCUT2D eigenvalue weighted by atomic mass is 16.3. The predicted octanol–water partition coefficient (Wildman–Crippen LogP) is 3.79. The van der Waals surface area contributed by atoms with Gasteiger partial charge in [0.25, 0.3) is 0 Å². The molecule has 34 heavy (non-hydrogen) atoms. The molecule has 176 valence electrons. The van der Waals surface area contributed by atoms with Crippen molar-refractivity contribution in [1.29, 1.82) is 0 Å². The van der Waals surface area contributed by atoms with Gasteiger partial charge in [-0.1, -0.05) is 31.0 Å². The fourth-order valence-electron chi connectivity index (χ4n) is 4.70. The number of nitrogen functional groups attached to an aromatic ring is 1. The summed E-state index contributed by atoms with van der Waals surface area (Å²) in [7, 11) is 0. The number of hydrogen-bond acceptors (Lipinski definition) is 8. The Hall–Kier alpha value is -3.72. The largest absolute Gasteiger partial charge is 0.507 e. The van der Waals surface area contributed by atoms with Crippen LogP contribution < -0.4 is 16.8 Å². The maximum Gasteiger partial charge on any atom is 0.224 e. The second-order valence-electron chi connectivity index (χ2n) is 9.04. The molecule has 0 spiro atoms. The summed E-state index contributed by atoms with van der Waals surface area (Å²) in [5.41, 5.74) is 16.1. The molecule has 9 nitrogen and oxygen atoms in total. The number of aromatic hydroxyl groups is 1. The average molecular weight is 459 g/mol. The highest BCUT2D eigenvalue weighted by molar-refractivity contribution is 5.85. The van der Waals surface area contributed by atoms with Gasteiger partial charge in [0, 0.05) is 36.8 Å². The smallest absolute Gasteiger partial charge is 0.224 e. The van der Waals surface area contributed by atoms with E-state index in [4.69, 9.17) is 16.5 Å². The lowest BCUT2D eigenvalue weighted by atomic mass is 10.1. The van der Waals surface area contributed by atoms with Crippen LogP contribution in [0.2, 0.25) is 0 Å². The Morgan fingerprint density at radius 1 is 1.12 bits per heavy atom. The van der Waals surface area contributed by atoms with Crippen molar-refractivity contribution < 1.29 is 5.11 Å². The summed E-state index contributed by atoms with van der Waals surface area (Å²) in [6, 6.07) is 11.4. The van der Waals surface area contributed by atoms with Gasteiger partial charge in [0.1, 0.15) is 11.6 Å². The van der Waals surface area contributed by atoms with Crippen LogP contribution in [0.25, 0.3) is 22.4 Å². The van der Waals surface area contributed by atoms with E-state index in [1.807, 2.05) is 31.2 Å². The van der Waals surface area contributed by atoms with Crippen LogP contribution in [0.5, 0.6) is 5.75 Å². The van der Waals surface area contributed by atoms with Crippen LogP contribution in [0.3, 0.4) is 0 Å². The lowest BCUT2D eigenvalue weighted by molar-refractivity contribution is 0.477. The van der Waals surface area contributed by atoms with Crippen LogP contribution in [-0.2, 0) is 13.0 Å². The normalized spacial score (nSPS) is 15.1. The van der Waals surface area contributed by atoms with Gasteiger partial charge in [0.05, 0.1) is 5.69 Å². The molecule has 1 atom stereocenters. The number of imidazole rings is 1. The quantitative estimate of drug-likeness (QED) is 0.328. The first-order valence-corrected chi connectivity index (χ1v) is 11.8. The fourth-order valence-corrected chi connectivity index (χ4v) is 4.70. The van der Waals surface area contributed by atoms with Crippen LogP contribution in [0.4, 0.5) is 11.8 Å². The molecule has 9 heteroatoms. The number of phenolic OH excluding ortho intramolecular Hbond substituents is 1. The molecule has 1 aliphatic rings. The maximum absolute atomic E-state index is 10.1. The number of hydrogen-bond donors (Lipinski definition) is 4. The van der Waals surface area contributed by atoms with Crippen LogP contribution in [0.15, 0.2) is 42.6 Å². The SMILES string of the molecule is CC(N)Cc1nc2c(NCc3ccc(-c4ccccc4O)nc3)nc(N)nc2n1C1CCCC1. The van der Waals surface area contributed by atoms with Gasteiger partial charge in [0.15, 0.2) is 17.0 Å². The Bertz CT molecular complexity index is 1290. The summed E-state index contributed by atoms with van der Waals surface area (Å²) in [5, 5.41) is 13.4. The Balaban J connectivity index is 1.43. The lowest BCUT2D eigenvalue weighted by Gasteiger charge is -2.16. The molecule has 0 saturated heterocycles. The zero-order valence-electron chi connectivity index (χ0n) is 19.3. The monoisotopic (exact) mass is 458 g/mol. The fraction of sp³-hybridized carbons (Fsp3) is 0.360. The van der Waals surface area contributed by atoms with E-state index in [1.165, 1.54) is 12.8 Å². The minimum Gasteiger partial charge on any atom is -0.507 e. The zero-order valence-corrected chi connectivity index (χ0v) is 19.3. The Labute approximate surface area is 198 Å². The van der Waals surface area contributed by atoms with E-state index < -0.39 is 0 Å². The number of pyridine rings is 1. The molecule has 3 heterocycles. The number of aromatic nitrogens is 5. The molecule has 1 fully saturated rings. The van der Waals surface area contributed by atoms with Crippen LogP contribution in [0, 0.1) is 0 Å². The predicted molar refractivity (Wildman–Crippen MR) is 133 cm³/mol. The van der Waals surface area contributed by atoms with Gasteiger partial charge in [-0.05, 0) is 43.5 Å². The second kappa shape index (κ2) is 9.26. The van der Waals surface area contributed by atoms with E-state index in [0.29, 0.717) is 36.1 Å². The molecule has 4 aromatic rings. The molecule has 1 aliphatic carbocycles. The first-order chi connectivity index (χ1) is 16.5. The Kier molecular flexibility index (Phi) is 6.02. The second-order valence-corrected chi connectivity index (χ2v) is 9.04. The summed E-state index contributed by atoms with van der Waals surface area (Å²) in [5.74, 6) is 1.97. The van der Waals surface area contributed by atoms with Gasteiger partial charge >= 0.3 is 0 Å². The summed E-state index contributed by atoms with van der Waals surface area (Å²) in [4.78, 5) is 18.4. The third kappa shape index (κ3) is 4.38. The van der Waals surface area contributed by atoms with Gasteiger partial charge in [-0.3, -0.25) is 4.98 Å². The van der Waals surface area contributed by atoms with Crippen LogP contribution in [-0.4, -0.2) is 35.7 Å². The Morgan fingerprint density at radius 3 is 2.62 bits per heavy atom. The minimum absolute atomic E-state index is 0.00711. The number of rotatable bonds is 7. The molecule has 1 unspecified atom stereocenters. The van der Waals surface area contributed by atoms with Crippen molar-refractivity contribution in [2.45, 2.75) is 57.7 Å². The van der Waals surface area contributed by atoms with Crippen molar-refractivity contribution >= 4 is 22.9 Å². The number of benzene rings is 1. The number of nitrogens with one attached hydrogen (secondary N) is 1. The van der Waals surface area contributed by atoms with E-state index in [0.717, 1.165) is 35.4 Å². The minimum atomic E-state index is -0.00711. The van der Waals surface area contributed by atoms with Crippen molar-refractivity contribution in [1.82, 2.24) is 24.5 Å². The average Bonchev–Trinajstić information content (AvgIpc) is 3.45. The van der Waals surface area contributed by atoms with E-state index in [-0.39, 0.29) is 17.7 Å². The molecular weight excluding hydrogens is 428 g/mol. The molecule has 3 aromatic heterocycles. The first-order valence-electron chi connectivity index (χ1n) is 11.8. The molecule has 0 amide bonds. The Morgan fingerprint density at radius 2 is 1.91 bits per heavy atom. The first kappa shape index (κ1) is 22.1. The van der Waals surface area contributed by atoms with Crippen molar-refractivity contribution in [2.24, 2.45) is 5.73 Å². The molecule has 1 saturated carbocycles. The van der Waals surface area contributed by atoms with Crippen LogP contribution in [0.1, 0.15) is 50.0 Å². The van der Waals surface area contributed by atoms with Gasteiger partial charge in [-0.15, -0.1) is 0 Å². The van der Waals surface area contributed by atoms with Gasteiger partial charge in [0.2, 0.25) is 5.95 Å². The number of nitrogens with two attached hydrogens (primary N) is 2. The van der Waals surface area contributed by atoms with Crippen LogP contribution >= 0.6 is 0 Å². The number of nitrogens with zero attached hydrogens (tertiary/aromatic N) is 5. The van der Waals surface area contributed by atoms with E-state index in [1.54, 1.807) is 18.3 Å². The third-order valence-electron chi connectivity index (χ3n) is 6.29. The number of para-hydroxylation sites is 1. The van der Waals surface area contributed by atoms with Crippen molar-refractivity contribution in [3.8, 4) is 17.0 Å². The molecule has 5 rings (SSSR count). The standard InChI is InChI=1S/C25H30N8O/c1-15(26)12-21-30-22-23(31-25(27)32-24(22)33(21)17-6-2-3-7-17)29-14-16-10-11-19(28-13-16)18-8-4-5-9-20(18)34/h4-5,8-11,13,15,17,34H,2-3,6-7,12,14,26H2,1H3,(H3,27,29,31,32). The summed E-state index contributed by atoms with van der Waals surface area (Å²) >= 11 is 0. The molecule has 0 bridgehead atoms. The van der Waals surface area contributed by atoms with E-state index in [9.17, 15) is 5.11 Å². The van der Waals surface area contributed by atoms with E-state index >= 15 is 0 Å². The van der Waals surface area contributed by atoms with Crippen molar-refractivity contribution in [3.05, 3.63) is 54.0 Å². The number of anilines is 2. The highest BCUT2D eigenvalue weighted by Gasteiger charge is 2.25. The topological polar surface area (TPSA) is 141 Å². The van der Waals surface area contributed by atoms with Gasteiger partial charge in [-0.2, -0.15) is 9.97 Å². The van der Waals surface area contributed by atoms with Crippen molar-refractivity contribution in [2.75, 3.05) is 11.1 Å². The molecule has 6 N–H and O–H groups in total. The number of phenols is 1. The zero-order chi connectivity index (χ0) is 23.7. The van der Waals surface area contributed by atoms with E-state index in [2.05, 4.69) is 24.8 Å². The van der Waals surface area contributed by atoms with Crippen molar-refractivity contribution in [3.63, 3.8) is 0 Å². The lowest BCUT2D eigenvalue weighted by Crippen LogP contribution is -2.21. The maximum atomic E-state index is 10.1. The van der Waals surface area contributed by atoms with Gasteiger partial charge in [-0.25, -0.2) is 4.98 Å². The third-order valence-corrected chi connectivity index (χ3v) is 6.29.